The molecule has 2 heterocycles. The summed E-state index contributed by atoms with van der Waals surface area (Å²) >= 11 is 0. The monoisotopic (exact) mass is 168 g/mol. The number of aryl methyl sites for hydroxylation is 1. The normalized spacial score (nSPS) is 29.5. The van der Waals surface area contributed by atoms with Gasteiger partial charge in [0.2, 0.25) is 0 Å². The van der Waals surface area contributed by atoms with Crippen molar-refractivity contribution in [2.75, 3.05) is 13.2 Å². The van der Waals surface area contributed by atoms with Crippen LogP contribution < -0.4 is 0 Å². The number of aliphatic hydroxyl groups excluding tert-OH is 1. The summed E-state index contributed by atoms with van der Waals surface area (Å²) < 4.78 is 10.2. The van der Waals surface area contributed by atoms with E-state index in [1.54, 1.807) is 12.5 Å². The van der Waals surface area contributed by atoms with E-state index in [1.165, 1.54) is 0 Å². The van der Waals surface area contributed by atoms with E-state index in [1.807, 2.05) is 6.92 Å². The van der Waals surface area contributed by atoms with Crippen molar-refractivity contribution in [1.29, 1.82) is 0 Å². The van der Waals surface area contributed by atoms with E-state index in [4.69, 9.17) is 9.15 Å². The third-order valence-corrected chi connectivity index (χ3v) is 2.35. The molecule has 0 aromatic carbocycles. The number of aliphatic hydroxyl groups is 1. The van der Waals surface area contributed by atoms with Crippen LogP contribution in [0.5, 0.6) is 0 Å². The highest BCUT2D eigenvalue weighted by atomic mass is 16.5. The number of rotatable bonds is 1. The van der Waals surface area contributed by atoms with Crippen molar-refractivity contribution in [2.24, 2.45) is 0 Å². The number of ether oxygens (including phenoxy) is 1. The third kappa shape index (κ3) is 1.15. The largest absolute Gasteiger partial charge is 0.472 e. The van der Waals surface area contributed by atoms with Gasteiger partial charge in [-0.15, -0.1) is 0 Å². The topological polar surface area (TPSA) is 42.6 Å². The van der Waals surface area contributed by atoms with Gasteiger partial charge in [-0.05, 0) is 12.5 Å². The molecule has 0 amide bonds. The molecular weight excluding hydrogens is 156 g/mol. The fraction of sp³-hybridized carbons (Fsp3) is 0.556. The summed E-state index contributed by atoms with van der Waals surface area (Å²) in [6.45, 7) is 3.01. The molecule has 1 aliphatic heterocycles. The summed E-state index contributed by atoms with van der Waals surface area (Å²) in [5, 5.41) is 9.52. The summed E-state index contributed by atoms with van der Waals surface area (Å²) in [7, 11) is 0. The molecule has 1 aliphatic rings. The summed E-state index contributed by atoms with van der Waals surface area (Å²) in [6.07, 6.45) is 3.01. The Kier molecular flexibility index (Phi) is 1.90. The Hall–Kier alpha value is -0.800. The molecule has 2 rings (SSSR count). The van der Waals surface area contributed by atoms with E-state index >= 15 is 0 Å². The molecule has 2 atom stereocenters. The molecule has 1 aromatic heterocycles. The molecular formula is C9H12O3. The number of hydrogen-bond acceptors (Lipinski definition) is 3. The van der Waals surface area contributed by atoms with Gasteiger partial charge in [0.05, 0.1) is 31.8 Å². The standard InChI is InChI=1S/C9H12O3/c1-6-2-11-3-7(6)8-4-12-5-9(8)10/h2-3,8-10H,4-5H2,1H3/t8-,9+/m0/s1. The van der Waals surface area contributed by atoms with Crippen LogP contribution in [-0.4, -0.2) is 24.4 Å². The molecule has 0 aliphatic carbocycles. The fourth-order valence-corrected chi connectivity index (χ4v) is 1.59. The minimum absolute atomic E-state index is 0.101. The Labute approximate surface area is 71.0 Å². The lowest BCUT2D eigenvalue weighted by molar-refractivity contribution is 0.124. The Bertz CT molecular complexity index is 266. The Morgan fingerprint density at radius 2 is 2.25 bits per heavy atom. The number of furan rings is 1. The average Bonchev–Trinajstić information content (AvgIpc) is 2.59. The quantitative estimate of drug-likeness (QED) is 0.681. The van der Waals surface area contributed by atoms with Crippen molar-refractivity contribution in [3.05, 3.63) is 23.7 Å². The second-order valence-corrected chi connectivity index (χ2v) is 3.22. The van der Waals surface area contributed by atoms with Gasteiger partial charge in [-0.25, -0.2) is 0 Å². The van der Waals surface area contributed by atoms with Crippen LogP contribution in [0.25, 0.3) is 0 Å². The smallest absolute Gasteiger partial charge is 0.0942 e. The first-order chi connectivity index (χ1) is 5.79. The zero-order valence-electron chi connectivity index (χ0n) is 6.99. The Morgan fingerprint density at radius 1 is 1.42 bits per heavy atom. The molecule has 1 saturated heterocycles. The summed E-state index contributed by atoms with van der Waals surface area (Å²) in [5.74, 6) is 0.101. The predicted molar refractivity (Wildman–Crippen MR) is 43.0 cm³/mol. The van der Waals surface area contributed by atoms with Gasteiger partial charge in [-0.2, -0.15) is 0 Å². The maximum atomic E-state index is 9.52. The molecule has 1 aromatic rings. The van der Waals surface area contributed by atoms with Crippen LogP contribution in [0.15, 0.2) is 16.9 Å². The molecule has 3 nitrogen and oxygen atoms in total. The second-order valence-electron chi connectivity index (χ2n) is 3.22. The van der Waals surface area contributed by atoms with Gasteiger partial charge in [0.15, 0.2) is 0 Å². The van der Waals surface area contributed by atoms with Gasteiger partial charge in [0.1, 0.15) is 0 Å². The molecule has 0 saturated carbocycles. The van der Waals surface area contributed by atoms with E-state index in [0.717, 1.165) is 11.1 Å². The highest BCUT2D eigenvalue weighted by Gasteiger charge is 2.29. The van der Waals surface area contributed by atoms with Gasteiger partial charge in [-0.1, -0.05) is 0 Å². The molecule has 1 N–H and O–H groups in total. The molecule has 12 heavy (non-hydrogen) atoms. The minimum atomic E-state index is -0.374. The van der Waals surface area contributed by atoms with Gasteiger partial charge < -0.3 is 14.3 Å². The van der Waals surface area contributed by atoms with Crippen molar-refractivity contribution in [2.45, 2.75) is 18.9 Å². The van der Waals surface area contributed by atoms with Crippen LogP contribution >= 0.6 is 0 Å². The second kappa shape index (κ2) is 2.92. The molecule has 0 bridgehead atoms. The maximum absolute atomic E-state index is 9.52. The van der Waals surface area contributed by atoms with Crippen LogP contribution in [-0.2, 0) is 4.74 Å². The molecule has 3 heteroatoms. The molecule has 66 valence electrons. The van der Waals surface area contributed by atoms with E-state index < -0.39 is 0 Å². The van der Waals surface area contributed by atoms with E-state index in [9.17, 15) is 5.11 Å². The zero-order chi connectivity index (χ0) is 8.55. The fourth-order valence-electron chi connectivity index (χ4n) is 1.59. The Morgan fingerprint density at radius 3 is 2.75 bits per heavy atom. The molecule has 1 fully saturated rings. The van der Waals surface area contributed by atoms with Crippen molar-refractivity contribution in [3.63, 3.8) is 0 Å². The molecule has 0 radical (unpaired) electrons. The first-order valence-electron chi connectivity index (χ1n) is 4.07. The van der Waals surface area contributed by atoms with Crippen LogP contribution in [0.4, 0.5) is 0 Å². The highest BCUT2D eigenvalue weighted by molar-refractivity contribution is 5.25. The van der Waals surface area contributed by atoms with Gasteiger partial charge in [0.25, 0.3) is 0 Å². The molecule has 0 spiro atoms. The lowest BCUT2D eigenvalue weighted by Gasteiger charge is -2.10. The van der Waals surface area contributed by atoms with Crippen LogP contribution in [0.2, 0.25) is 0 Å². The maximum Gasteiger partial charge on any atom is 0.0942 e. The lowest BCUT2D eigenvalue weighted by Crippen LogP contribution is -2.15. The Balaban J connectivity index is 2.24. The average molecular weight is 168 g/mol. The summed E-state index contributed by atoms with van der Waals surface area (Å²) in [5.41, 5.74) is 2.16. The van der Waals surface area contributed by atoms with Crippen LogP contribution in [0, 0.1) is 6.92 Å². The van der Waals surface area contributed by atoms with Crippen LogP contribution in [0.3, 0.4) is 0 Å². The predicted octanol–water partition coefficient (Wildman–Crippen LogP) is 1.06. The van der Waals surface area contributed by atoms with Gasteiger partial charge in [0, 0.05) is 11.5 Å². The van der Waals surface area contributed by atoms with Crippen molar-refractivity contribution in [1.82, 2.24) is 0 Å². The minimum Gasteiger partial charge on any atom is -0.472 e. The SMILES string of the molecule is Cc1cocc1[C@@H]1COC[C@H]1O. The summed E-state index contributed by atoms with van der Waals surface area (Å²) in [4.78, 5) is 0. The first-order valence-corrected chi connectivity index (χ1v) is 4.07. The lowest BCUT2D eigenvalue weighted by atomic mass is 9.96. The van der Waals surface area contributed by atoms with Gasteiger partial charge in [-0.3, -0.25) is 0 Å². The van der Waals surface area contributed by atoms with Gasteiger partial charge >= 0.3 is 0 Å². The van der Waals surface area contributed by atoms with Crippen molar-refractivity contribution in [3.8, 4) is 0 Å². The number of hydrogen-bond donors (Lipinski definition) is 1. The van der Waals surface area contributed by atoms with Crippen LogP contribution in [0.1, 0.15) is 17.0 Å². The highest BCUT2D eigenvalue weighted by Crippen LogP contribution is 2.28. The first kappa shape index (κ1) is 7.83. The van der Waals surface area contributed by atoms with Crippen molar-refractivity contribution < 1.29 is 14.3 Å². The van der Waals surface area contributed by atoms with E-state index in [2.05, 4.69) is 0 Å². The molecule has 0 unspecified atom stereocenters. The van der Waals surface area contributed by atoms with E-state index in [-0.39, 0.29) is 12.0 Å². The summed E-state index contributed by atoms with van der Waals surface area (Å²) in [6, 6.07) is 0. The van der Waals surface area contributed by atoms with Crippen molar-refractivity contribution >= 4 is 0 Å². The van der Waals surface area contributed by atoms with E-state index in [0.29, 0.717) is 13.2 Å². The zero-order valence-corrected chi connectivity index (χ0v) is 6.99. The third-order valence-electron chi connectivity index (χ3n) is 2.35.